The Bertz CT molecular complexity index is 640. The summed E-state index contributed by atoms with van der Waals surface area (Å²) in [6, 6.07) is 17.4. The first-order chi connectivity index (χ1) is 10.3. The van der Waals surface area contributed by atoms with Crippen LogP contribution in [0, 0.1) is 0 Å². The van der Waals surface area contributed by atoms with Crippen LogP contribution in [0.4, 0.5) is 11.4 Å². The lowest BCUT2D eigenvalue weighted by Gasteiger charge is -2.27. The smallest absolute Gasteiger partial charge is 0.195 e. The standard InChI is InChI=1S/C18H19BrN2.BrH/c1-3-13-21-17-8-6-5-7-16(17)20(4-2)18(21)14-9-11-15(19)12-10-14;/h3,5-12,18H,1,4,13H2,2H3;1H. The molecule has 2 atom stereocenters. The van der Waals surface area contributed by atoms with Gasteiger partial charge in [-0.05, 0) is 37.3 Å². The summed E-state index contributed by atoms with van der Waals surface area (Å²) < 4.78 is 1.12. The first-order valence-corrected chi connectivity index (χ1v) is 8.13. The zero-order valence-corrected chi connectivity index (χ0v) is 15.8. The van der Waals surface area contributed by atoms with E-state index < -0.39 is 0 Å². The van der Waals surface area contributed by atoms with Crippen molar-refractivity contribution in [2.75, 3.05) is 18.0 Å². The molecule has 2 aromatic carbocycles. The molecule has 2 unspecified atom stereocenters. The molecule has 3 rings (SSSR count). The summed E-state index contributed by atoms with van der Waals surface area (Å²) in [6.45, 7) is 8.10. The number of fused-ring (bicyclic) bond motifs is 1. The minimum absolute atomic E-state index is 0. The summed E-state index contributed by atoms with van der Waals surface area (Å²) in [5, 5.41) is 0. The van der Waals surface area contributed by atoms with E-state index in [1.165, 1.54) is 21.8 Å². The van der Waals surface area contributed by atoms with Crippen LogP contribution in [0.2, 0.25) is 0 Å². The molecule has 0 fully saturated rings. The predicted molar refractivity (Wildman–Crippen MR) is 92.0 cm³/mol. The Morgan fingerprint density at radius 2 is 1.86 bits per heavy atom. The molecule has 0 saturated carbocycles. The summed E-state index contributed by atoms with van der Waals surface area (Å²) in [6.07, 6.45) is 2.31. The first kappa shape index (κ1) is 17.3. The lowest BCUT2D eigenvalue weighted by atomic mass is 10.1. The maximum Gasteiger partial charge on any atom is 0.195 e. The maximum atomic E-state index is 3.93. The van der Waals surface area contributed by atoms with Crippen molar-refractivity contribution >= 4 is 27.3 Å². The normalized spacial score (nSPS) is 19.5. The summed E-state index contributed by atoms with van der Waals surface area (Å²) in [5.74, 6) is 0. The summed E-state index contributed by atoms with van der Waals surface area (Å²) in [7, 11) is 0. The van der Waals surface area contributed by atoms with E-state index in [4.69, 9.17) is 0 Å². The van der Waals surface area contributed by atoms with E-state index in [1.54, 1.807) is 0 Å². The summed E-state index contributed by atoms with van der Waals surface area (Å²) in [5.41, 5.74) is 4.05. The predicted octanol–water partition coefficient (Wildman–Crippen LogP) is 0.694. The number of hydrogen-bond acceptors (Lipinski definition) is 1. The molecule has 0 saturated heterocycles. The fraction of sp³-hybridized carbons (Fsp3) is 0.222. The van der Waals surface area contributed by atoms with Crippen molar-refractivity contribution in [1.82, 2.24) is 0 Å². The SMILES string of the molecule is C=CCN1c2ccccc2[NH+](CC)C1c1ccc(Br)cc1.[Br-]. The van der Waals surface area contributed by atoms with Gasteiger partial charge in [-0.3, -0.25) is 4.90 Å². The molecule has 116 valence electrons. The number of hydrogen-bond donors (Lipinski definition) is 1. The van der Waals surface area contributed by atoms with Gasteiger partial charge >= 0.3 is 0 Å². The second-order valence-corrected chi connectivity index (χ2v) is 6.21. The summed E-state index contributed by atoms with van der Waals surface area (Å²) in [4.78, 5) is 3.94. The van der Waals surface area contributed by atoms with Gasteiger partial charge in [0.2, 0.25) is 0 Å². The zero-order chi connectivity index (χ0) is 14.8. The van der Waals surface area contributed by atoms with Crippen molar-refractivity contribution in [3.8, 4) is 0 Å². The molecule has 22 heavy (non-hydrogen) atoms. The van der Waals surface area contributed by atoms with Gasteiger partial charge in [-0.15, -0.1) is 6.58 Å². The fourth-order valence-electron chi connectivity index (χ4n) is 3.22. The molecular formula is C18H20Br2N2. The average molecular weight is 424 g/mol. The molecule has 1 aliphatic heterocycles. The molecule has 2 nitrogen and oxygen atoms in total. The molecule has 0 bridgehead atoms. The van der Waals surface area contributed by atoms with Crippen LogP contribution in [0.15, 0.2) is 65.7 Å². The van der Waals surface area contributed by atoms with Gasteiger partial charge < -0.3 is 21.9 Å². The van der Waals surface area contributed by atoms with E-state index in [0.717, 1.165) is 17.6 Å². The topological polar surface area (TPSA) is 7.68 Å². The second kappa shape index (κ2) is 7.44. The number of anilines is 1. The highest BCUT2D eigenvalue weighted by Crippen LogP contribution is 2.35. The molecule has 0 amide bonds. The van der Waals surface area contributed by atoms with Crippen LogP contribution >= 0.6 is 15.9 Å². The Hall–Kier alpha value is -1.10. The second-order valence-electron chi connectivity index (χ2n) is 5.29. The number of para-hydroxylation sites is 2. The molecule has 2 aromatic rings. The average Bonchev–Trinajstić information content (AvgIpc) is 2.83. The third-order valence-corrected chi connectivity index (χ3v) is 4.62. The Morgan fingerprint density at radius 1 is 1.18 bits per heavy atom. The molecule has 0 aromatic heterocycles. The molecule has 0 aliphatic carbocycles. The van der Waals surface area contributed by atoms with Gasteiger partial charge in [0.05, 0.1) is 6.54 Å². The van der Waals surface area contributed by atoms with E-state index >= 15 is 0 Å². The van der Waals surface area contributed by atoms with Gasteiger partial charge in [0.25, 0.3) is 0 Å². The Balaban J connectivity index is 0.00000176. The van der Waals surface area contributed by atoms with Crippen LogP contribution in [0.3, 0.4) is 0 Å². The van der Waals surface area contributed by atoms with Gasteiger partial charge in [-0.2, -0.15) is 0 Å². The highest BCUT2D eigenvalue weighted by molar-refractivity contribution is 9.10. The van der Waals surface area contributed by atoms with Gasteiger partial charge in [-0.1, -0.05) is 34.1 Å². The van der Waals surface area contributed by atoms with E-state index in [2.05, 4.69) is 82.9 Å². The largest absolute Gasteiger partial charge is 1.00 e. The molecule has 0 radical (unpaired) electrons. The van der Waals surface area contributed by atoms with E-state index in [0.29, 0.717) is 6.17 Å². The van der Waals surface area contributed by atoms with Crippen molar-refractivity contribution in [2.24, 2.45) is 0 Å². The number of nitrogens with zero attached hydrogens (tertiary/aromatic N) is 1. The highest BCUT2D eigenvalue weighted by atomic mass is 79.9. The van der Waals surface area contributed by atoms with Crippen molar-refractivity contribution in [2.45, 2.75) is 13.1 Å². The van der Waals surface area contributed by atoms with Gasteiger partial charge in [-0.25, -0.2) is 0 Å². The van der Waals surface area contributed by atoms with E-state index in [-0.39, 0.29) is 17.0 Å². The molecule has 1 N–H and O–H groups in total. The molecule has 1 heterocycles. The van der Waals surface area contributed by atoms with Crippen molar-refractivity contribution in [3.05, 3.63) is 71.2 Å². The number of rotatable bonds is 4. The Morgan fingerprint density at radius 3 is 2.50 bits per heavy atom. The molecule has 1 aliphatic rings. The number of benzene rings is 2. The first-order valence-electron chi connectivity index (χ1n) is 7.34. The van der Waals surface area contributed by atoms with Crippen LogP contribution in [0.5, 0.6) is 0 Å². The highest BCUT2D eigenvalue weighted by Gasteiger charge is 2.40. The van der Waals surface area contributed by atoms with Gasteiger partial charge in [0, 0.05) is 22.6 Å². The number of nitrogens with one attached hydrogen (secondary N) is 1. The van der Waals surface area contributed by atoms with Crippen LogP contribution in [0.25, 0.3) is 0 Å². The van der Waals surface area contributed by atoms with Gasteiger partial charge in [0.15, 0.2) is 11.9 Å². The third-order valence-electron chi connectivity index (χ3n) is 4.09. The Kier molecular flexibility index (Phi) is 5.84. The molecule has 0 spiro atoms. The van der Waals surface area contributed by atoms with Crippen LogP contribution in [0.1, 0.15) is 18.7 Å². The van der Waals surface area contributed by atoms with Crippen LogP contribution < -0.4 is 26.8 Å². The number of quaternary nitrogens is 1. The summed E-state index contributed by atoms with van der Waals surface area (Å²) >= 11 is 3.52. The van der Waals surface area contributed by atoms with Crippen molar-refractivity contribution in [3.63, 3.8) is 0 Å². The van der Waals surface area contributed by atoms with Crippen molar-refractivity contribution in [1.29, 1.82) is 0 Å². The lowest BCUT2D eigenvalue weighted by molar-refractivity contribution is -0.858. The molecule has 4 heteroatoms. The Labute approximate surface area is 151 Å². The monoisotopic (exact) mass is 422 g/mol. The van der Waals surface area contributed by atoms with Gasteiger partial charge in [0.1, 0.15) is 5.69 Å². The van der Waals surface area contributed by atoms with E-state index in [1.807, 2.05) is 6.08 Å². The maximum absolute atomic E-state index is 3.93. The lowest BCUT2D eigenvalue weighted by Crippen LogP contribution is -3.07. The quantitative estimate of drug-likeness (QED) is 0.711. The molecular weight excluding hydrogens is 404 g/mol. The fourth-order valence-corrected chi connectivity index (χ4v) is 3.49. The third kappa shape index (κ3) is 3.00. The van der Waals surface area contributed by atoms with Crippen LogP contribution in [-0.2, 0) is 0 Å². The van der Waals surface area contributed by atoms with Crippen LogP contribution in [-0.4, -0.2) is 13.1 Å². The number of halogens is 2. The minimum atomic E-state index is 0. The van der Waals surface area contributed by atoms with E-state index in [9.17, 15) is 0 Å². The van der Waals surface area contributed by atoms with Crippen molar-refractivity contribution < 1.29 is 21.9 Å². The zero-order valence-electron chi connectivity index (χ0n) is 12.6. The minimum Gasteiger partial charge on any atom is -1.00 e.